The molecule has 0 radical (unpaired) electrons. The van der Waals surface area contributed by atoms with Gasteiger partial charge in [-0.05, 0) is 25.7 Å². The van der Waals surface area contributed by atoms with E-state index in [-0.39, 0.29) is 12.0 Å². The molecule has 2 rings (SSSR count). The van der Waals surface area contributed by atoms with Crippen molar-refractivity contribution in [3.63, 3.8) is 0 Å². The predicted octanol–water partition coefficient (Wildman–Crippen LogP) is 0.454. The van der Waals surface area contributed by atoms with Crippen LogP contribution >= 0.6 is 0 Å². The van der Waals surface area contributed by atoms with Crippen LogP contribution < -0.4 is 0 Å². The van der Waals surface area contributed by atoms with Crippen LogP contribution in [0.5, 0.6) is 0 Å². The topological polar surface area (TPSA) is 43.8 Å². The Kier molecular flexibility index (Phi) is 3.82. The van der Waals surface area contributed by atoms with Crippen molar-refractivity contribution in [3.8, 4) is 0 Å². The molecule has 92 valence electrons. The first-order chi connectivity index (χ1) is 7.70. The van der Waals surface area contributed by atoms with Crippen molar-refractivity contribution >= 4 is 5.91 Å². The van der Waals surface area contributed by atoms with Gasteiger partial charge in [-0.15, -0.1) is 0 Å². The second-order valence-corrected chi connectivity index (χ2v) is 4.99. The number of hydrogen-bond donors (Lipinski definition) is 1. The number of aliphatic hydroxyl groups excluding tert-OH is 1. The van der Waals surface area contributed by atoms with Crippen molar-refractivity contribution in [2.24, 2.45) is 0 Å². The number of carbonyl (C=O) groups is 1. The van der Waals surface area contributed by atoms with E-state index in [1.165, 1.54) is 6.42 Å². The number of hydrogen-bond acceptors (Lipinski definition) is 3. The normalized spacial score (nSPS) is 27.9. The molecule has 0 aromatic heterocycles. The van der Waals surface area contributed by atoms with E-state index in [9.17, 15) is 9.90 Å². The Balaban J connectivity index is 1.82. The molecule has 16 heavy (non-hydrogen) atoms. The number of aliphatic hydroxyl groups is 1. The van der Waals surface area contributed by atoms with E-state index < -0.39 is 0 Å². The van der Waals surface area contributed by atoms with Crippen LogP contribution in [-0.2, 0) is 4.79 Å². The zero-order valence-electron chi connectivity index (χ0n) is 10.1. The van der Waals surface area contributed by atoms with Crippen LogP contribution in [0.4, 0.5) is 0 Å². The van der Waals surface area contributed by atoms with Gasteiger partial charge in [-0.3, -0.25) is 9.69 Å². The molecule has 0 saturated carbocycles. The lowest BCUT2D eigenvalue weighted by Gasteiger charge is -2.40. The number of likely N-dealkylation sites (tertiary alicyclic amines) is 2. The maximum atomic E-state index is 12.1. The number of carbonyl (C=O) groups excluding carboxylic acids is 1. The zero-order valence-corrected chi connectivity index (χ0v) is 10.1. The molecule has 1 unspecified atom stereocenters. The fraction of sp³-hybridized carbons (Fsp3) is 0.917. The highest BCUT2D eigenvalue weighted by Crippen LogP contribution is 2.20. The lowest BCUT2D eigenvalue weighted by atomic mass is 10.00. The van der Waals surface area contributed by atoms with Crippen molar-refractivity contribution in [2.75, 3.05) is 26.2 Å². The van der Waals surface area contributed by atoms with Gasteiger partial charge in [-0.2, -0.15) is 0 Å². The van der Waals surface area contributed by atoms with Gasteiger partial charge in [0.25, 0.3) is 0 Å². The van der Waals surface area contributed by atoms with E-state index in [4.69, 9.17) is 0 Å². The van der Waals surface area contributed by atoms with Gasteiger partial charge >= 0.3 is 0 Å². The Morgan fingerprint density at radius 1 is 1.38 bits per heavy atom. The average Bonchev–Trinajstić information content (AvgIpc) is 2.27. The molecular formula is C12H22N2O2. The molecule has 2 heterocycles. The van der Waals surface area contributed by atoms with E-state index in [2.05, 4.69) is 6.92 Å². The molecule has 0 spiro atoms. The lowest BCUT2D eigenvalue weighted by molar-refractivity contribution is -0.138. The monoisotopic (exact) mass is 226 g/mol. The van der Waals surface area contributed by atoms with Crippen LogP contribution in [0.25, 0.3) is 0 Å². The highest BCUT2D eigenvalue weighted by molar-refractivity contribution is 5.78. The van der Waals surface area contributed by atoms with E-state index in [1.807, 2.05) is 9.80 Å². The molecule has 4 nitrogen and oxygen atoms in total. The van der Waals surface area contributed by atoms with Crippen molar-refractivity contribution in [2.45, 2.75) is 44.8 Å². The Bertz CT molecular complexity index is 251. The highest BCUT2D eigenvalue weighted by atomic mass is 16.3. The van der Waals surface area contributed by atoms with E-state index in [1.54, 1.807) is 0 Å². The second kappa shape index (κ2) is 5.15. The summed E-state index contributed by atoms with van der Waals surface area (Å²) in [5, 5.41) is 9.17. The second-order valence-electron chi connectivity index (χ2n) is 4.99. The number of rotatable bonds is 3. The fourth-order valence-corrected chi connectivity index (χ4v) is 2.71. The molecule has 0 aliphatic carbocycles. The fourth-order valence-electron chi connectivity index (χ4n) is 2.71. The van der Waals surface area contributed by atoms with Crippen molar-refractivity contribution in [1.82, 2.24) is 9.80 Å². The summed E-state index contributed by atoms with van der Waals surface area (Å²) >= 11 is 0. The zero-order chi connectivity index (χ0) is 11.5. The first-order valence-corrected chi connectivity index (χ1v) is 6.40. The van der Waals surface area contributed by atoms with E-state index in [0.29, 0.717) is 25.7 Å². The maximum Gasteiger partial charge on any atom is 0.236 e. The van der Waals surface area contributed by atoms with Gasteiger partial charge in [-0.1, -0.05) is 6.92 Å². The summed E-state index contributed by atoms with van der Waals surface area (Å²) in [5.41, 5.74) is 0. The first kappa shape index (κ1) is 11.9. The smallest absolute Gasteiger partial charge is 0.236 e. The van der Waals surface area contributed by atoms with Crippen LogP contribution in [0.3, 0.4) is 0 Å². The third kappa shape index (κ3) is 2.55. The minimum atomic E-state index is -0.212. The van der Waals surface area contributed by atoms with Gasteiger partial charge in [-0.25, -0.2) is 0 Å². The van der Waals surface area contributed by atoms with Gasteiger partial charge in [0.15, 0.2) is 0 Å². The minimum Gasteiger partial charge on any atom is -0.390 e. The summed E-state index contributed by atoms with van der Waals surface area (Å²) in [6, 6.07) is 0.451. The first-order valence-electron chi connectivity index (χ1n) is 6.40. The summed E-state index contributed by atoms with van der Waals surface area (Å²) < 4.78 is 0. The molecule has 0 bridgehead atoms. The van der Waals surface area contributed by atoms with Crippen molar-refractivity contribution in [1.29, 1.82) is 0 Å². The summed E-state index contributed by atoms with van der Waals surface area (Å²) in [4.78, 5) is 16.2. The Labute approximate surface area is 97.2 Å². The third-order valence-electron chi connectivity index (χ3n) is 3.72. The molecule has 1 N–H and O–H groups in total. The minimum absolute atomic E-state index is 0.212. The maximum absolute atomic E-state index is 12.1. The van der Waals surface area contributed by atoms with Gasteiger partial charge in [0.1, 0.15) is 0 Å². The van der Waals surface area contributed by atoms with Crippen LogP contribution in [0.2, 0.25) is 0 Å². The molecular weight excluding hydrogens is 204 g/mol. The number of nitrogens with zero attached hydrogens (tertiary/aromatic N) is 2. The van der Waals surface area contributed by atoms with Crippen LogP contribution in [0, 0.1) is 0 Å². The molecule has 1 amide bonds. The van der Waals surface area contributed by atoms with Gasteiger partial charge in [0, 0.05) is 25.7 Å². The van der Waals surface area contributed by atoms with Crippen molar-refractivity contribution in [3.05, 3.63) is 0 Å². The molecule has 4 heteroatoms. The van der Waals surface area contributed by atoms with Crippen LogP contribution in [0.1, 0.15) is 32.6 Å². The molecule has 2 saturated heterocycles. The number of piperidine rings is 1. The predicted molar refractivity (Wildman–Crippen MR) is 62.1 cm³/mol. The summed E-state index contributed by atoms with van der Waals surface area (Å²) in [6.07, 6.45) is 4.41. The largest absolute Gasteiger partial charge is 0.390 e. The molecule has 2 aliphatic rings. The number of amides is 1. The average molecular weight is 226 g/mol. The highest BCUT2D eigenvalue weighted by Gasteiger charge is 2.30. The molecule has 0 aromatic rings. The standard InChI is InChI=1S/C12H22N2O2/c1-2-10-5-3-4-6-14(10)12(16)9-13-7-11(15)8-13/h10-11,15H,2-9H2,1H3. The quantitative estimate of drug-likeness (QED) is 0.760. The van der Waals surface area contributed by atoms with Crippen LogP contribution in [-0.4, -0.2) is 59.1 Å². The van der Waals surface area contributed by atoms with Crippen LogP contribution in [0.15, 0.2) is 0 Å². The molecule has 1 atom stereocenters. The molecule has 2 fully saturated rings. The molecule has 2 aliphatic heterocycles. The Morgan fingerprint density at radius 3 is 2.75 bits per heavy atom. The summed E-state index contributed by atoms with van der Waals surface area (Å²) in [6.45, 7) is 4.90. The van der Waals surface area contributed by atoms with E-state index >= 15 is 0 Å². The van der Waals surface area contributed by atoms with Gasteiger partial charge in [0.2, 0.25) is 5.91 Å². The third-order valence-corrected chi connectivity index (χ3v) is 3.72. The molecule has 0 aromatic carbocycles. The lowest BCUT2D eigenvalue weighted by Crippen LogP contribution is -2.56. The SMILES string of the molecule is CCC1CCCCN1C(=O)CN1CC(O)C1. The number of β-amino-alcohol motifs (C(OH)–C–C–N with tert-alkyl or cyclic N) is 1. The summed E-state index contributed by atoms with van der Waals surface area (Å²) in [7, 11) is 0. The Hall–Kier alpha value is -0.610. The van der Waals surface area contributed by atoms with Gasteiger partial charge < -0.3 is 10.0 Å². The van der Waals surface area contributed by atoms with E-state index in [0.717, 1.165) is 25.8 Å². The van der Waals surface area contributed by atoms with Gasteiger partial charge in [0.05, 0.1) is 12.6 Å². The Morgan fingerprint density at radius 2 is 2.12 bits per heavy atom. The summed E-state index contributed by atoms with van der Waals surface area (Å²) in [5.74, 6) is 0.249. The van der Waals surface area contributed by atoms with Crippen molar-refractivity contribution < 1.29 is 9.90 Å².